The summed E-state index contributed by atoms with van der Waals surface area (Å²) in [5, 5.41) is 14.3. The van der Waals surface area contributed by atoms with E-state index in [-0.39, 0.29) is 11.5 Å². The van der Waals surface area contributed by atoms with Crippen LogP contribution in [0.3, 0.4) is 0 Å². The fourth-order valence-electron chi connectivity index (χ4n) is 1.46. The van der Waals surface area contributed by atoms with Gasteiger partial charge < -0.3 is 10.5 Å². The van der Waals surface area contributed by atoms with Crippen LogP contribution in [0.15, 0.2) is 33.0 Å². The average Bonchev–Trinajstić information content (AvgIpc) is 2.70. The second kappa shape index (κ2) is 5.19. The van der Waals surface area contributed by atoms with Crippen LogP contribution in [0.2, 0.25) is 0 Å². The van der Waals surface area contributed by atoms with Crippen molar-refractivity contribution >= 4 is 17.6 Å². The molecule has 0 saturated carbocycles. The van der Waals surface area contributed by atoms with Crippen molar-refractivity contribution in [1.29, 1.82) is 5.41 Å². The number of hydrogen-bond acceptors (Lipinski definition) is 5. The van der Waals surface area contributed by atoms with Gasteiger partial charge in [-0.15, -0.1) is 5.10 Å². The molecular weight excluding hydrogens is 266 g/mol. The SMILES string of the molecule is COc1ccc(C(=N)N)c(Sc2n[nH]c(=O)n2C)c1. The molecule has 1 aromatic heterocycles. The van der Waals surface area contributed by atoms with Gasteiger partial charge in [-0.1, -0.05) is 0 Å². The summed E-state index contributed by atoms with van der Waals surface area (Å²) < 4.78 is 6.52. The Balaban J connectivity index is 2.45. The maximum Gasteiger partial charge on any atom is 0.343 e. The Kier molecular flexibility index (Phi) is 3.61. The molecule has 1 aromatic carbocycles. The third-order valence-electron chi connectivity index (χ3n) is 2.52. The molecule has 0 aliphatic carbocycles. The summed E-state index contributed by atoms with van der Waals surface area (Å²) >= 11 is 1.24. The first-order valence-electron chi connectivity index (χ1n) is 5.34. The average molecular weight is 279 g/mol. The highest BCUT2D eigenvalue weighted by atomic mass is 32.2. The van der Waals surface area contributed by atoms with Crippen molar-refractivity contribution in [2.24, 2.45) is 12.8 Å². The van der Waals surface area contributed by atoms with E-state index in [0.717, 1.165) is 0 Å². The number of benzene rings is 1. The molecule has 0 amide bonds. The smallest absolute Gasteiger partial charge is 0.343 e. The van der Waals surface area contributed by atoms with Gasteiger partial charge in [0.2, 0.25) is 0 Å². The highest BCUT2D eigenvalue weighted by Crippen LogP contribution is 2.31. The van der Waals surface area contributed by atoms with Gasteiger partial charge in [0.15, 0.2) is 5.16 Å². The Morgan fingerprint density at radius 2 is 2.32 bits per heavy atom. The summed E-state index contributed by atoms with van der Waals surface area (Å²) in [6.45, 7) is 0. The highest BCUT2D eigenvalue weighted by Gasteiger charge is 2.12. The third-order valence-corrected chi connectivity index (χ3v) is 3.62. The lowest BCUT2D eigenvalue weighted by Crippen LogP contribution is -2.14. The van der Waals surface area contributed by atoms with Gasteiger partial charge in [0.05, 0.1) is 7.11 Å². The monoisotopic (exact) mass is 279 g/mol. The van der Waals surface area contributed by atoms with Gasteiger partial charge in [0, 0.05) is 17.5 Å². The van der Waals surface area contributed by atoms with Gasteiger partial charge in [0.25, 0.3) is 0 Å². The van der Waals surface area contributed by atoms with Crippen LogP contribution in [0, 0.1) is 5.41 Å². The Morgan fingerprint density at radius 1 is 1.58 bits per heavy atom. The lowest BCUT2D eigenvalue weighted by atomic mass is 10.2. The summed E-state index contributed by atoms with van der Waals surface area (Å²) in [4.78, 5) is 12.0. The van der Waals surface area contributed by atoms with Crippen LogP contribution in [0.25, 0.3) is 0 Å². The normalized spacial score (nSPS) is 10.4. The van der Waals surface area contributed by atoms with Crippen LogP contribution in [-0.2, 0) is 7.05 Å². The van der Waals surface area contributed by atoms with E-state index in [1.807, 2.05) is 0 Å². The summed E-state index contributed by atoms with van der Waals surface area (Å²) in [6, 6.07) is 5.18. The van der Waals surface area contributed by atoms with E-state index in [4.69, 9.17) is 15.9 Å². The van der Waals surface area contributed by atoms with Crippen molar-refractivity contribution in [3.63, 3.8) is 0 Å². The summed E-state index contributed by atoms with van der Waals surface area (Å²) in [7, 11) is 3.17. The number of rotatable bonds is 4. The number of aromatic nitrogens is 3. The van der Waals surface area contributed by atoms with Gasteiger partial charge in [-0.25, -0.2) is 9.89 Å². The molecule has 2 aromatic rings. The van der Waals surface area contributed by atoms with Gasteiger partial charge in [-0.3, -0.25) is 9.98 Å². The molecule has 0 bridgehead atoms. The van der Waals surface area contributed by atoms with Crippen molar-refractivity contribution in [1.82, 2.24) is 14.8 Å². The number of H-pyrrole nitrogens is 1. The Labute approximate surface area is 113 Å². The van der Waals surface area contributed by atoms with Gasteiger partial charge in [-0.05, 0) is 30.0 Å². The third kappa shape index (κ3) is 2.63. The van der Waals surface area contributed by atoms with Crippen LogP contribution >= 0.6 is 11.8 Å². The van der Waals surface area contributed by atoms with E-state index in [9.17, 15) is 4.79 Å². The minimum absolute atomic E-state index is 0.0503. The molecule has 2 rings (SSSR count). The number of hydrogen-bond donors (Lipinski definition) is 3. The van der Waals surface area contributed by atoms with E-state index in [1.165, 1.54) is 16.3 Å². The number of amidine groups is 1. The zero-order valence-corrected chi connectivity index (χ0v) is 11.2. The molecule has 100 valence electrons. The van der Waals surface area contributed by atoms with Crippen LogP contribution < -0.4 is 16.2 Å². The van der Waals surface area contributed by atoms with E-state index in [2.05, 4.69) is 10.2 Å². The van der Waals surface area contributed by atoms with Crippen molar-refractivity contribution in [2.45, 2.75) is 10.1 Å². The molecule has 0 fully saturated rings. The van der Waals surface area contributed by atoms with Gasteiger partial charge >= 0.3 is 5.69 Å². The van der Waals surface area contributed by atoms with E-state index < -0.39 is 0 Å². The Hall–Kier alpha value is -2.22. The molecule has 0 atom stereocenters. The molecule has 0 aliphatic rings. The van der Waals surface area contributed by atoms with Crippen molar-refractivity contribution in [2.75, 3.05) is 7.11 Å². The van der Waals surface area contributed by atoms with Gasteiger partial charge in [0.1, 0.15) is 11.6 Å². The molecule has 0 aliphatic heterocycles. The first-order chi connectivity index (χ1) is 9.02. The van der Waals surface area contributed by atoms with E-state index in [0.29, 0.717) is 21.4 Å². The topological polar surface area (TPSA) is 110 Å². The fraction of sp³-hybridized carbons (Fsp3) is 0.182. The minimum atomic E-state index is -0.297. The first-order valence-corrected chi connectivity index (χ1v) is 6.16. The van der Waals surface area contributed by atoms with Crippen molar-refractivity contribution in [3.8, 4) is 5.75 Å². The number of methoxy groups -OCH3 is 1. The highest BCUT2D eigenvalue weighted by molar-refractivity contribution is 7.99. The number of nitrogens with two attached hydrogens (primary N) is 1. The summed E-state index contributed by atoms with van der Waals surface area (Å²) in [5.74, 6) is 0.596. The molecule has 1 heterocycles. The van der Waals surface area contributed by atoms with E-state index >= 15 is 0 Å². The van der Waals surface area contributed by atoms with Crippen LogP contribution in [0.4, 0.5) is 0 Å². The zero-order chi connectivity index (χ0) is 14.0. The largest absolute Gasteiger partial charge is 0.497 e. The molecule has 4 N–H and O–H groups in total. The maximum absolute atomic E-state index is 11.3. The molecule has 0 saturated heterocycles. The number of ether oxygens (including phenoxy) is 1. The summed E-state index contributed by atoms with van der Waals surface area (Å²) in [5.41, 5.74) is 5.81. The quantitative estimate of drug-likeness (QED) is 0.559. The number of nitrogen functional groups attached to an aromatic ring is 1. The number of nitrogens with one attached hydrogen (secondary N) is 2. The molecule has 0 unspecified atom stereocenters. The predicted molar refractivity (Wildman–Crippen MR) is 72.0 cm³/mol. The predicted octanol–water partition coefficient (Wildman–Crippen LogP) is 0.552. The van der Waals surface area contributed by atoms with Crippen LogP contribution in [0.1, 0.15) is 5.56 Å². The molecule has 0 radical (unpaired) electrons. The molecule has 0 spiro atoms. The molecule has 8 heteroatoms. The lowest BCUT2D eigenvalue weighted by molar-refractivity contribution is 0.413. The van der Waals surface area contributed by atoms with Crippen LogP contribution in [-0.4, -0.2) is 27.7 Å². The van der Waals surface area contributed by atoms with E-state index in [1.54, 1.807) is 32.4 Å². The van der Waals surface area contributed by atoms with Crippen LogP contribution in [0.5, 0.6) is 5.75 Å². The van der Waals surface area contributed by atoms with Gasteiger partial charge in [-0.2, -0.15) is 0 Å². The minimum Gasteiger partial charge on any atom is -0.497 e. The first kappa shape index (κ1) is 13.2. The lowest BCUT2D eigenvalue weighted by Gasteiger charge is -2.09. The Bertz CT molecular complexity index is 676. The standard InChI is InChI=1S/C11H13N5O2S/c1-16-10(17)14-15-11(16)19-8-5-6(18-2)3-4-7(8)9(12)13/h3-5H,1-2H3,(H3,12,13)(H,14,17). The Morgan fingerprint density at radius 3 is 2.84 bits per heavy atom. The molecular formula is C11H13N5O2S. The van der Waals surface area contributed by atoms with Crippen molar-refractivity contribution in [3.05, 3.63) is 34.2 Å². The second-order valence-electron chi connectivity index (χ2n) is 3.75. The van der Waals surface area contributed by atoms with Crippen molar-refractivity contribution < 1.29 is 4.74 Å². The molecule has 19 heavy (non-hydrogen) atoms. The number of aromatic amines is 1. The summed E-state index contributed by atoms with van der Waals surface area (Å²) in [6.07, 6.45) is 0. The zero-order valence-electron chi connectivity index (χ0n) is 10.4. The fourth-order valence-corrected chi connectivity index (χ4v) is 2.43. The number of nitrogens with zero attached hydrogens (tertiary/aromatic N) is 2. The maximum atomic E-state index is 11.3. The molecule has 7 nitrogen and oxygen atoms in total. The second-order valence-corrected chi connectivity index (χ2v) is 4.76.